The van der Waals surface area contributed by atoms with Crippen LogP contribution >= 0.6 is 11.6 Å². The minimum Gasteiger partial charge on any atom is -0.480 e. The van der Waals surface area contributed by atoms with E-state index >= 15 is 0 Å². The summed E-state index contributed by atoms with van der Waals surface area (Å²) in [5, 5.41) is 12.6. The zero-order valence-corrected chi connectivity index (χ0v) is 10.6. The summed E-state index contributed by atoms with van der Waals surface area (Å²) in [5.74, 6) is -0.930. The van der Waals surface area contributed by atoms with E-state index in [9.17, 15) is 4.79 Å². The number of ether oxygens (including phenoxy) is 1. The average molecular weight is 258 g/mol. The Morgan fingerprint density at radius 2 is 2.29 bits per heavy atom. The molecule has 4 nitrogen and oxygen atoms in total. The van der Waals surface area contributed by atoms with Gasteiger partial charge in [-0.1, -0.05) is 23.7 Å². The number of hydrogen-bond donors (Lipinski definition) is 2. The molecule has 0 aromatic heterocycles. The minimum absolute atomic E-state index is 0.107. The Labute approximate surface area is 106 Å². The molecule has 0 saturated heterocycles. The number of methoxy groups -OCH3 is 1. The number of hydrogen-bond acceptors (Lipinski definition) is 3. The smallest absolute Gasteiger partial charge is 0.323 e. The number of nitrogens with one attached hydrogen (secondary N) is 1. The highest BCUT2D eigenvalue weighted by Gasteiger charge is 2.19. The van der Waals surface area contributed by atoms with Crippen molar-refractivity contribution in [1.82, 2.24) is 5.32 Å². The monoisotopic (exact) mass is 257 g/mol. The number of halogens is 1. The van der Waals surface area contributed by atoms with Gasteiger partial charge in [0.25, 0.3) is 0 Å². The lowest BCUT2D eigenvalue weighted by molar-refractivity contribution is -0.141. The highest BCUT2D eigenvalue weighted by atomic mass is 35.5. The number of carbonyl (C=O) groups is 1. The first-order valence-electron chi connectivity index (χ1n) is 5.28. The summed E-state index contributed by atoms with van der Waals surface area (Å²) in [7, 11) is 1.47. The maximum atomic E-state index is 11.0. The third-order valence-corrected chi connectivity index (χ3v) is 2.67. The first-order valence-corrected chi connectivity index (χ1v) is 5.65. The van der Waals surface area contributed by atoms with E-state index in [1.807, 2.05) is 25.1 Å². The topological polar surface area (TPSA) is 58.6 Å². The highest BCUT2D eigenvalue weighted by Crippen LogP contribution is 2.17. The molecular formula is C12H16ClNO3. The molecule has 0 amide bonds. The molecule has 1 aromatic rings. The Bertz CT molecular complexity index is 384. The largest absolute Gasteiger partial charge is 0.480 e. The van der Waals surface area contributed by atoms with Crippen molar-refractivity contribution in [3.63, 3.8) is 0 Å². The molecule has 2 unspecified atom stereocenters. The lowest BCUT2D eigenvalue weighted by atomic mass is 10.1. The van der Waals surface area contributed by atoms with Crippen molar-refractivity contribution in [2.75, 3.05) is 13.7 Å². The molecule has 0 heterocycles. The van der Waals surface area contributed by atoms with Gasteiger partial charge in [-0.25, -0.2) is 0 Å². The molecular weight excluding hydrogens is 242 g/mol. The van der Waals surface area contributed by atoms with E-state index in [1.54, 1.807) is 6.07 Å². The van der Waals surface area contributed by atoms with Crippen molar-refractivity contribution in [3.8, 4) is 0 Å². The first kappa shape index (κ1) is 14.0. The van der Waals surface area contributed by atoms with Gasteiger partial charge in [0, 0.05) is 18.2 Å². The van der Waals surface area contributed by atoms with E-state index in [-0.39, 0.29) is 12.6 Å². The number of carboxylic acids is 1. The zero-order chi connectivity index (χ0) is 12.8. The van der Waals surface area contributed by atoms with E-state index in [0.717, 1.165) is 5.56 Å². The van der Waals surface area contributed by atoms with Crippen molar-refractivity contribution < 1.29 is 14.6 Å². The Hall–Kier alpha value is -1.10. The molecule has 1 rings (SSSR count). The average Bonchev–Trinajstić information content (AvgIpc) is 2.28. The number of carboxylic acid groups (broad SMARTS) is 1. The first-order chi connectivity index (χ1) is 8.04. The van der Waals surface area contributed by atoms with E-state index in [2.05, 4.69) is 5.32 Å². The van der Waals surface area contributed by atoms with Crippen LogP contribution in [-0.2, 0) is 9.53 Å². The van der Waals surface area contributed by atoms with E-state index in [0.29, 0.717) is 5.02 Å². The van der Waals surface area contributed by atoms with Gasteiger partial charge in [-0.15, -0.1) is 0 Å². The fourth-order valence-corrected chi connectivity index (χ4v) is 1.73. The standard InChI is InChI=1S/C12H16ClNO3/c1-8(9-4-3-5-10(13)6-9)14-11(7-17-2)12(15)16/h3-6,8,11,14H,7H2,1-2H3,(H,15,16). The highest BCUT2D eigenvalue weighted by molar-refractivity contribution is 6.30. The molecule has 0 fully saturated rings. The molecule has 17 heavy (non-hydrogen) atoms. The number of benzene rings is 1. The maximum Gasteiger partial charge on any atom is 0.323 e. The molecule has 0 aliphatic carbocycles. The van der Waals surface area contributed by atoms with Crippen LogP contribution in [0.4, 0.5) is 0 Å². The van der Waals surface area contributed by atoms with Crippen LogP contribution in [0.2, 0.25) is 5.02 Å². The number of aliphatic carboxylic acids is 1. The summed E-state index contributed by atoms with van der Waals surface area (Å²) in [6.45, 7) is 2.01. The van der Waals surface area contributed by atoms with Crippen molar-refractivity contribution in [3.05, 3.63) is 34.9 Å². The number of rotatable bonds is 6. The third kappa shape index (κ3) is 4.34. The van der Waals surface area contributed by atoms with Gasteiger partial charge in [0.2, 0.25) is 0 Å². The van der Waals surface area contributed by atoms with Crippen molar-refractivity contribution in [1.29, 1.82) is 0 Å². The van der Waals surface area contributed by atoms with Crippen LogP contribution in [0.5, 0.6) is 0 Å². The Balaban J connectivity index is 2.69. The summed E-state index contributed by atoms with van der Waals surface area (Å²) in [6.07, 6.45) is 0. The van der Waals surface area contributed by atoms with Gasteiger partial charge in [0.05, 0.1) is 6.61 Å². The molecule has 0 saturated carbocycles. The van der Waals surface area contributed by atoms with Crippen LogP contribution in [-0.4, -0.2) is 30.8 Å². The summed E-state index contributed by atoms with van der Waals surface area (Å²) >= 11 is 5.88. The minimum atomic E-state index is -0.930. The molecule has 2 N–H and O–H groups in total. The summed E-state index contributed by atoms with van der Waals surface area (Å²) in [4.78, 5) is 11.0. The SMILES string of the molecule is COCC(NC(C)c1cccc(Cl)c1)C(=O)O. The van der Waals surface area contributed by atoms with Crippen LogP contribution in [0.15, 0.2) is 24.3 Å². The normalized spacial score (nSPS) is 14.3. The van der Waals surface area contributed by atoms with E-state index < -0.39 is 12.0 Å². The second-order valence-corrected chi connectivity index (χ2v) is 4.23. The fourth-order valence-electron chi connectivity index (χ4n) is 1.53. The van der Waals surface area contributed by atoms with Crippen molar-refractivity contribution in [2.45, 2.75) is 19.0 Å². The van der Waals surface area contributed by atoms with Crippen LogP contribution in [0.25, 0.3) is 0 Å². The molecule has 2 atom stereocenters. The van der Waals surface area contributed by atoms with Gasteiger partial charge < -0.3 is 9.84 Å². The Kier molecular flexibility index (Phi) is 5.41. The molecule has 0 radical (unpaired) electrons. The second-order valence-electron chi connectivity index (χ2n) is 3.79. The van der Waals surface area contributed by atoms with Crippen LogP contribution in [0.1, 0.15) is 18.5 Å². The summed E-state index contributed by atoms with van der Waals surface area (Å²) in [5.41, 5.74) is 0.944. The molecule has 0 aliphatic heterocycles. The van der Waals surface area contributed by atoms with Crippen LogP contribution in [0, 0.1) is 0 Å². The van der Waals surface area contributed by atoms with Gasteiger partial charge in [-0.2, -0.15) is 0 Å². The molecule has 94 valence electrons. The Morgan fingerprint density at radius 1 is 1.59 bits per heavy atom. The summed E-state index contributed by atoms with van der Waals surface area (Å²) in [6, 6.07) is 6.49. The van der Waals surface area contributed by atoms with Crippen molar-refractivity contribution >= 4 is 17.6 Å². The lowest BCUT2D eigenvalue weighted by Crippen LogP contribution is -2.41. The zero-order valence-electron chi connectivity index (χ0n) is 9.81. The molecule has 5 heteroatoms. The van der Waals surface area contributed by atoms with Gasteiger partial charge in [0.15, 0.2) is 0 Å². The second kappa shape index (κ2) is 6.59. The van der Waals surface area contributed by atoms with Crippen LogP contribution < -0.4 is 5.32 Å². The quantitative estimate of drug-likeness (QED) is 0.819. The molecule has 0 aliphatic rings. The van der Waals surface area contributed by atoms with Crippen molar-refractivity contribution in [2.24, 2.45) is 0 Å². The predicted octanol–water partition coefficient (Wildman–Crippen LogP) is 2.09. The predicted molar refractivity (Wildman–Crippen MR) is 66.3 cm³/mol. The van der Waals surface area contributed by atoms with Gasteiger partial charge in [0.1, 0.15) is 6.04 Å². The van der Waals surface area contributed by atoms with Gasteiger partial charge in [-0.05, 0) is 24.6 Å². The van der Waals surface area contributed by atoms with Crippen LogP contribution in [0.3, 0.4) is 0 Å². The van der Waals surface area contributed by atoms with E-state index in [4.69, 9.17) is 21.4 Å². The lowest BCUT2D eigenvalue weighted by Gasteiger charge is -2.20. The molecule has 0 spiro atoms. The van der Waals surface area contributed by atoms with E-state index in [1.165, 1.54) is 7.11 Å². The maximum absolute atomic E-state index is 11.0. The van der Waals surface area contributed by atoms with Gasteiger partial charge >= 0.3 is 5.97 Å². The fraction of sp³-hybridized carbons (Fsp3) is 0.417. The molecule has 0 bridgehead atoms. The molecule has 1 aromatic carbocycles. The Morgan fingerprint density at radius 3 is 2.82 bits per heavy atom. The summed E-state index contributed by atoms with van der Waals surface area (Å²) < 4.78 is 4.86. The van der Waals surface area contributed by atoms with Gasteiger partial charge in [-0.3, -0.25) is 10.1 Å². The third-order valence-electron chi connectivity index (χ3n) is 2.43.